The highest BCUT2D eigenvalue weighted by atomic mass is 79.9. The zero-order valence-corrected chi connectivity index (χ0v) is 13.8. The Kier molecular flexibility index (Phi) is 4.41. The van der Waals surface area contributed by atoms with Gasteiger partial charge in [0.1, 0.15) is 5.82 Å². The van der Waals surface area contributed by atoms with Gasteiger partial charge in [-0.05, 0) is 53.7 Å². The molecule has 112 valence electrons. The number of benzene rings is 1. The molecule has 0 radical (unpaired) electrons. The summed E-state index contributed by atoms with van der Waals surface area (Å²) in [4.78, 5) is 0.0253. The van der Waals surface area contributed by atoms with E-state index in [1.54, 1.807) is 0 Å². The normalized spacial score (nSPS) is 24.8. The molecule has 1 aliphatic heterocycles. The van der Waals surface area contributed by atoms with Crippen LogP contribution in [0.25, 0.3) is 0 Å². The van der Waals surface area contributed by atoms with Crippen LogP contribution >= 0.6 is 15.9 Å². The third kappa shape index (κ3) is 2.71. The van der Waals surface area contributed by atoms with Gasteiger partial charge in [-0.3, -0.25) is 0 Å². The minimum atomic E-state index is -3.67. The fraction of sp³-hybridized carbons (Fsp3) is 0.538. The number of piperidine rings is 1. The SMILES string of the molecule is CC1CCCN(S(=O)(=O)c2cc(N)c(F)cc2Br)C1C. The smallest absolute Gasteiger partial charge is 0.244 e. The molecule has 2 rings (SSSR count). The summed E-state index contributed by atoms with van der Waals surface area (Å²) < 4.78 is 40.5. The molecule has 1 saturated heterocycles. The van der Waals surface area contributed by atoms with Crippen molar-refractivity contribution in [1.29, 1.82) is 0 Å². The van der Waals surface area contributed by atoms with Gasteiger partial charge in [-0.1, -0.05) is 6.92 Å². The number of rotatable bonds is 2. The van der Waals surface area contributed by atoms with Gasteiger partial charge in [0.15, 0.2) is 0 Å². The molecule has 0 saturated carbocycles. The monoisotopic (exact) mass is 364 g/mol. The van der Waals surface area contributed by atoms with Crippen molar-refractivity contribution in [3.8, 4) is 0 Å². The Bertz CT molecular complexity index is 621. The molecule has 0 bridgehead atoms. The maximum atomic E-state index is 13.4. The molecule has 2 N–H and O–H groups in total. The van der Waals surface area contributed by atoms with E-state index in [-0.39, 0.29) is 21.1 Å². The highest BCUT2D eigenvalue weighted by molar-refractivity contribution is 9.10. The van der Waals surface area contributed by atoms with Crippen molar-refractivity contribution in [2.75, 3.05) is 12.3 Å². The van der Waals surface area contributed by atoms with Gasteiger partial charge >= 0.3 is 0 Å². The zero-order chi connectivity index (χ0) is 15.1. The summed E-state index contributed by atoms with van der Waals surface area (Å²) in [6.07, 6.45) is 1.85. The quantitative estimate of drug-likeness (QED) is 0.820. The third-order valence-corrected chi connectivity index (χ3v) is 6.90. The predicted molar refractivity (Wildman–Crippen MR) is 80.3 cm³/mol. The number of hydrogen-bond acceptors (Lipinski definition) is 3. The van der Waals surface area contributed by atoms with Crippen LogP contribution in [0.2, 0.25) is 0 Å². The highest BCUT2D eigenvalue weighted by Crippen LogP contribution is 2.33. The molecule has 0 spiro atoms. The molecule has 0 aliphatic carbocycles. The van der Waals surface area contributed by atoms with Crippen LogP contribution in [-0.4, -0.2) is 25.3 Å². The average Bonchev–Trinajstić information content (AvgIpc) is 2.36. The number of hydrogen-bond donors (Lipinski definition) is 1. The molecule has 1 aliphatic rings. The third-order valence-electron chi connectivity index (χ3n) is 3.95. The van der Waals surface area contributed by atoms with Gasteiger partial charge in [0.25, 0.3) is 0 Å². The fourth-order valence-corrected chi connectivity index (χ4v) is 5.28. The lowest BCUT2D eigenvalue weighted by Crippen LogP contribution is -2.46. The van der Waals surface area contributed by atoms with Crippen LogP contribution in [0.1, 0.15) is 26.7 Å². The standard InChI is InChI=1S/C13H18BrFN2O2S/c1-8-4-3-5-17(9(8)2)20(18,19)13-7-12(16)11(15)6-10(13)14/h6-9H,3-5,16H2,1-2H3. The first kappa shape index (κ1) is 15.7. The van der Waals surface area contributed by atoms with E-state index in [0.29, 0.717) is 12.5 Å². The van der Waals surface area contributed by atoms with Crippen LogP contribution in [0.3, 0.4) is 0 Å². The van der Waals surface area contributed by atoms with Crippen LogP contribution in [0.5, 0.6) is 0 Å². The summed E-state index contributed by atoms with van der Waals surface area (Å²) in [5, 5.41) is 0. The van der Waals surface area contributed by atoms with Crippen molar-refractivity contribution in [1.82, 2.24) is 4.31 Å². The van der Waals surface area contributed by atoms with Crippen LogP contribution in [0.15, 0.2) is 21.5 Å². The Hall–Kier alpha value is -0.660. The summed E-state index contributed by atoms with van der Waals surface area (Å²) in [7, 11) is -3.67. The number of nitrogen functional groups attached to an aromatic ring is 1. The van der Waals surface area contributed by atoms with Gasteiger partial charge in [0, 0.05) is 17.1 Å². The van der Waals surface area contributed by atoms with Gasteiger partial charge in [0.2, 0.25) is 10.0 Å². The molecule has 4 nitrogen and oxygen atoms in total. The lowest BCUT2D eigenvalue weighted by Gasteiger charge is -2.37. The molecule has 1 aromatic carbocycles. The van der Waals surface area contributed by atoms with Crippen molar-refractivity contribution < 1.29 is 12.8 Å². The summed E-state index contributed by atoms with van der Waals surface area (Å²) in [5.41, 5.74) is 5.34. The minimum Gasteiger partial charge on any atom is -0.396 e. The Labute approximate surface area is 127 Å². The molecule has 1 aromatic rings. The summed E-state index contributed by atoms with van der Waals surface area (Å²) >= 11 is 3.12. The molecular weight excluding hydrogens is 347 g/mol. The van der Waals surface area contributed by atoms with Gasteiger partial charge in [0.05, 0.1) is 10.6 Å². The summed E-state index contributed by atoms with van der Waals surface area (Å²) in [6, 6.07) is 2.20. The van der Waals surface area contributed by atoms with Gasteiger partial charge in [-0.15, -0.1) is 0 Å². The van der Waals surface area contributed by atoms with Crippen molar-refractivity contribution in [2.24, 2.45) is 5.92 Å². The second kappa shape index (κ2) is 5.61. The molecule has 2 unspecified atom stereocenters. The number of anilines is 1. The van der Waals surface area contributed by atoms with E-state index in [2.05, 4.69) is 15.9 Å². The van der Waals surface area contributed by atoms with Gasteiger partial charge < -0.3 is 5.73 Å². The molecule has 1 fully saturated rings. The predicted octanol–water partition coefficient (Wildman–Crippen LogP) is 2.98. The van der Waals surface area contributed by atoms with Crippen molar-refractivity contribution in [3.63, 3.8) is 0 Å². The second-order valence-electron chi connectivity index (χ2n) is 5.28. The van der Waals surface area contributed by atoms with Gasteiger partial charge in [-0.2, -0.15) is 4.31 Å². The Morgan fingerprint density at radius 1 is 1.40 bits per heavy atom. The largest absolute Gasteiger partial charge is 0.396 e. The summed E-state index contributed by atoms with van der Waals surface area (Å²) in [6.45, 7) is 4.43. The first-order valence-electron chi connectivity index (χ1n) is 6.51. The number of nitrogens with two attached hydrogens (primary N) is 1. The van der Waals surface area contributed by atoms with Crippen LogP contribution in [-0.2, 0) is 10.0 Å². The van der Waals surface area contributed by atoms with E-state index in [1.165, 1.54) is 10.4 Å². The topological polar surface area (TPSA) is 63.4 Å². The Morgan fingerprint density at radius 2 is 2.05 bits per heavy atom. The van der Waals surface area contributed by atoms with Crippen molar-refractivity contribution in [2.45, 2.75) is 37.6 Å². The molecule has 0 amide bonds. The molecule has 7 heteroatoms. The van der Waals surface area contributed by atoms with E-state index in [4.69, 9.17) is 5.73 Å². The van der Waals surface area contributed by atoms with E-state index in [0.717, 1.165) is 18.9 Å². The highest BCUT2D eigenvalue weighted by Gasteiger charge is 2.35. The number of sulfonamides is 1. The summed E-state index contributed by atoms with van der Waals surface area (Å²) in [5.74, 6) is -0.328. The molecule has 1 heterocycles. The second-order valence-corrected chi connectivity index (χ2v) is 7.99. The van der Waals surface area contributed by atoms with Crippen LogP contribution in [0, 0.1) is 11.7 Å². The molecule has 20 heavy (non-hydrogen) atoms. The van der Waals surface area contributed by atoms with Crippen molar-refractivity contribution >= 4 is 31.6 Å². The minimum absolute atomic E-state index is 0.0253. The van der Waals surface area contributed by atoms with E-state index >= 15 is 0 Å². The average molecular weight is 365 g/mol. The lowest BCUT2D eigenvalue weighted by molar-refractivity contribution is 0.202. The van der Waals surface area contributed by atoms with Gasteiger partial charge in [-0.25, -0.2) is 12.8 Å². The Morgan fingerprint density at radius 3 is 2.70 bits per heavy atom. The van der Waals surface area contributed by atoms with E-state index < -0.39 is 15.8 Å². The fourth-order valence-electron chi connectivity index (χ4n) is 2.51. The van der Waals surface area contributed by atoms with E-state index in [9.17, 15) is 12.8 Å². The Balaban J connectivity index is 2.47. The van der Waals surface area contributed by atoms with Crippen LogP contribution in [0.4, 0.5) is 10.1 Å². The van der Waals surface area contributed by atoms with E-state index in [1.807, 2.05) is 13.8 Å². The lowest BCUT2D eigenvalue weighted by atomic mass is 9.94. The molecular formula is C13H18BrFN2O2S. The number of halogens is 2. The van der Waals surface area contributed by atoms with Crippen LogP contribution < -0.4 is 5.73 Å². The van der Waals surface area contributed by atoms with Crippen molar-refractivity contribution in [3.05, 3.63) is 22.4 Å². The molecule has 2 atom stereocenters. The molecule has 0 aromatic heterocycles. The first-order chi connectivity index (χ1) is 9.25. The number of nitrogens with zero attached hydrogens (tertiary/aromatic N) is 1. The first-order valence-corrected chi connectivity index (χ1v) is 8.75. The maximum Gasteiger partial charge on any atom is 0.244 e. The maximum absolute atomic E-state index is 13.4. The zero-order valence-electron chi connectivity index (χ0n) is 11.4.